The second kappa shape index (κ2) is 8.15. The van der Waals surface area contributed by atoms with Crippen molar-refractivity contribution in [1.29, 1.82) is 0 Å². The number of hydrogen-bond donors (Lipinski definition) is 2. The molecule has 0 unspecified atom stereocenters. The molecule has 0 saturated carbocycles. The molecule has 26 heavy (non-hydrogen) atoms. The number of alkyl carbamates (subject to hydrolysis) is 1. The van der Waals surface area contributed by atoms with Gasteiger partial charge >= 0.3 is 12.1 Å². The van der Waals surface area contributed by atoms with Gasteiger partial charge in [0.1, 0.15) is 12.6 Å². The van der Waals surface area contributed by atoms with E-state index in [1.54, 1.807) is 0 Å². The van der Waals surface area contributed by atoms with Crippen molar-refractivity contribution < 1.29 is 33.7 Å². The highest BCUT2D eigenvalue weighted by Crippen LogP contribution is 2.21. The first-order chi connectivity index (χ1) is 12.6. The summed E-state index contributed by atoms with van der Waals surface area (Å²) in [5.41, 5.74) is 0.817. The van der Waals surface area contributed by atoms with E-state index in [1.165, 1.54) is 0 Å². The van der Waals surface area contributed by atoms with Crippen LogP contribution in [0.3, 0.4) is 0 Å². The molecule has 3 atom stereocenters. The van der Waals surface area contributed by atoms with Gasteiger partial charge in [-0.2, -0.15) is 0 Å². The number of hydrogen-bond acceptors (Lipinski definition) is 6. The summed E-state index contributed by atoms with van der Waals surface area (Å²) in [6.45, 7) is 0.237. The molecule has 1 aromatic rings. The summed E-state index contributed by atoms with van der Waals surface area (Å²) >= 11 is 0. The molecule has 0 radical (unpaired) electrons. The fraction of sp³-hybridized carbons (Fsp3) is 0.471. The smallest absolute Gasteiger partial charge is 0.408 e. The number of rotatable bonds is 4. The van der Waals surface area contributed by atoms with Gasteiger partial charge in [-0.3, -0.25) is 9.69 Å². The van der Waals surface area contributed by atoms with Crippen LogP contribution in [0.2, 0.25) is 0 Å². The number of fused-ring (bicyclic) bond motifs is 1. The van der Waals surface area contributed by atoms with Gasteiger partial charge in [0.05, 0.1) is 19.8 Å². The highest BCUT2D eigenvalue weighted by molar-refractivity contribution is 5.89. The van der Waals surface area contributed by atoms with Crippen LogP contribution in [0.1, 0.15) is 12.0 Å². The molecule has 140 valence electrons. The fourth-order valence-corrected chi connectivity index (χ4v) is 2.92. The van der Waals surface area contributed by atoms with Gasteiger partial charge in [-0.25, -0.2) is 9.59 Å². The monoisotopic (exact) mass is 364 g/mol. The van der Waals surface area contributed by atoms with Crippen LogP contribution in [-0.2, 0) is 30.4 Å². The van der Waals surface area contributed by atoms with E-state index in [1.807, 2.05) is 30.3 Å². The van der Waals surface area contributed by atoms with Gasteiger partial charge in [0.2, 0.25) is 5.91 Å². The zero-order valence-electron chi connectivity index (χ0n) is 14.0. The predicted molar refractivity (Wildman–Crippen MR) is 87.0 cm³/mol. The number of benzene rings is 1. The summed E-state index contributed by atoms with van der Waals surface area (Å²) in [5.74, 6) is -1.70. The van der Waals surface area contributed by atoms with E-state index in [0.29, 0.717) is 0 Å². The topological polar surface area (TPSA) is 114 Å². The standard InChI is InChI=1S/C17H20N2O7/c20-15-12(18-17(23)26-8-11-4-2-1-3-5-11)6-7-25-14-10-24-9-13(16(21)22)19(14)15/h1-5,12-14H,6-10H2,(H,18,23)(H,21,22)/t12-,13-,14-/m0/s1. The minimum Gasteiger partial charge on any atom is -0.480 e. The van der Waals surface area contributed by atoms with Gasteiger partial charge in [-0.15, -0.1) is 0 Å². The Kier molecular flexibility index (Phi) is 5.69. The van der Waals surface area contributed by atoms with Crippen LogP contribution >= 0.6 is 0 Å². The fourth-order valence-electron chi connectivity index (χ4n) is 2.92. The van der Waals surface area contributed by atoms with Crippen molar-refractivity contribution in [2.75, 3.05) is 19.8 Å². The zero-order chi connectivity index (χ0) is 18.5. The molecule has 9 heteroatoms. The van der Waals surface area contributed by atoms with E-state index in [0.717, 1.165) is 10.5 Å². The number of nitrogens with one attached hydrogen (secondary N) is 1. The van der Waals surface area contributed by atoms with Gasteiger partial charge < -0.3 is 24.6 Å². The SMILES string of the molecule is O=C(N[C@H]1CCO[C@H]2COC[C@@H](C(=O)O)N2C1=O)OCc1ccccc1. The van der Waals surface area contributed by atoms with Crippen molar-refractivity contribution in [2.24, 2.45) is 0 Å². The highest BCUT2D eigenvalue weighted by Gasteiger charge is 2.44. The van der Waals surface area contributed by atoms with Crippen LogP contribution in [0.4, 0.5) is 4.79 Å². The second-order valence-corrected chi connectivity index (χ2v) is 6.01. The number of aliphatic carboxylic acids is 1. The lowest BCUT2D eigenvalue weighted by molar-refractivity contribution is -0.187. The first-order valence-corrected chi connectivity index (χ1v) is 8.28. The molecule has 2 saturated heterocycles. The maximum absolute atomic E-state index is 12.8. The van der Waals surface area contributed by atoms with E-state index in [9.17, 15) is 19.5 Å². The quantitative estimate of drug-likeness (QED) is 0.792. The summed E-state index contributed by atoms with van der Waals surface area (Å²) < 4.78 is 15.9. The average molecular weight is 364 g/mol. The molecule has 0 spiro atoms. The van der Waals surface area contributed by atoms with Crippen LogP contribution in [0.5, 0.6) is 0 Å². The summed E-state index contributed by atoms with van der Waals surface area (Å²) in [5, 5.41) is 11.8. The van der Waals surface area contributed by atoms with Gasteiger partial charge in [0.25, 0.3) is 0 Å². The largest absolute Gasteiger partial charge is 0.480 e. The van der Waals surface area contributed by atoms with Crippen molar-refractivity contribution in [1.82, 2.24) is 10.2 Å². The lowest BCUT2D eigenvalue weighted by Gasteiger charge is -2.38. The van der Waals surface area contributed by atoms with Crippen LogP contribution in [0.25, 0.3) is 0 Å². The molecule has 1 aromatic carbocycles. The van der Waals surface area contributed by atoms with E-state index >= 15 is 0 Å². The first kappa shape index (κ1) is 18.2. The molecule has 0 bridgehead atoms. The molecule has 2 N–H and O–H groups in total. The Morgan fingerprint density at radius 3 is 2.77 bits per heavy atom. The Morgan fingerprint density at radius 2 is 2.04 bits per heavy atom. The minimum absolute atomic E-state index is 0.0714. The van der Waals surface area contributed by atoms with Crippen molar-refractivity contribution in [2.45, 2.75) is 31.3 Å². The highest BCUT2D eigenvalue weighted by atomic mass is 16.6. The second-order valence-electron chi connectivity index (χ2n) is 6.01. The molecule has 3 rings (SSSR count). The molecule has 2 amide bonds. The van der Waals surface area contributed by atoms with Crippen LogP contribution in [-0.4, -0.2) is 66.1 Å². The summed E-state index contributed by atoms with van der Waals surface area (Å²) in [7, 11) is 0. The van der Waals surface area contributed by atoms with Gasteiger partial charge in [-0.05, 0) is 5.56 Å². The number of carboxylic acid groups (broad SMARTS) is 1. The third kappa shape index (κ3) is 4.12. The Bertz CT molecular complexity index is 666. The number of morpholine rings is 1. The molecule has 2 heterocycles. The van der Waals surface area contributed by atoms with Crippen molar-refractivity contribution >= 4 is 18.0 Å². The summed E-state index contributed by atoms with van der Waals surface area (Å²) in [6.07, 6.45) is -1.30. The average Bonchev–Trinajstić information content (AvgIpc) is 2.80. The van der Waals surface area contributed by atoms with Gasteiger partial charge in [0, 0.05) is 6.42 Å². The van der Waals surface area contributed by atoms with Crippen LogP contribution in [0.15, 0.2) is 30.3 Å². The number of carboxylic acids is 1. The maximum Gasteiger partial charge on any atom is 0.408 e. The van der Waals surface area contributed by atoms with E-state index in [4.69, 9.17) is 14.2 Å². The molecule has 9 nitrogen and oxygen atoms in total. The molecular weight excluding hydrogens is 344 g/mol. The summed E-state index contributed by atoms with van der Waals surface area (Å²) in [6, 6.07) is 7.07. The number of carbonyl (C=O) groups is 3. The lowest BCUT2D eigenvalue weighted by Crippen LogP contribution is -2.61. The Morgan fingerprint density at radius 1 is 1.27 bits per heavy atom. The Hall–Kier alpha value is -2.65. The van der Waals surface area contributed by atoms with Crippen molar-refractivity contribution in [3.05, 3.63) is 35.9 Å². The number of amides is 2. The number of ether oxygens (including phenoxy) is 3. The lowest BCUT2D eigenvalue weighted by atomic mass is 10.1. The normalized spacial score (nSPS) is 25.8. The van der Waals surface area contributed by atoms with Crippen LogP contribution in [0, 0.1) is 0 Å². The molecular formula is C17H20N2O7. The molecule has 2 fully saturated rings. The number of carbonyl (C=O) groups excluding carboxylic acids is 2. The first-order valence-electron chi connectivity index (χ1n) is 8.28. The minimum atomic E-state index is -1.18. The maximum atomic E-state index is 12.8. The van der Waals surface area contributed by atoms with Gasteiger partial charge in [-0.1, -0.05) is 30.3 Å². The van der Waals surface area contributed by atoms with Crippen molar-refractivity contribution in [3.63, 3.8) is 0 Å². The van der Waals surface area contributed by atoms with E-state index in [2.05, 4.69) is 5.32 Å². The third-order valence-electron chi connectivity index (χ3n) is 4.24. The Balaban J connectivity index is 1.62. The molecule has 2 aliphatic heterocycles. The van der Waals surface area contributed by atoms with Gasteiger partial charge in [0.15, 0.2) is 12.3 Å². The zero-order valence-corrected chi connectivity index (χ0v) is 14.0. The third-order valence-corrected chi connectivity index (χ3v) is 4.24. The van der Waals surface area contributed by atoms with Crippen LogP contribution < -0.4 is 5.32 Å². The number of nitrogens with zero attached hydrogens (tertiary/aromatic N) is 1. The van der Waals surface area contributed by atoms with E-state index in [-0.39, 0.29) is 32.8 Å². The molecule has 2 aliphatic rings. The summed E-state index contributed by atoms with van der Waals surface area (Å²) in [4.78, 5) is 37.3. The molecule has 0 aromatic heterocycles. The van der Waals surface area contributed by atoms with Crippen molar-refractivity contribution in [3.8, 4) is 0 Å². The molecule has 0 aliphatic carbocycles. The van der Waals surface area contributed by atoms with E-state index < -0.39 is 36.3 Å². The predicted octanol–water partition coefficient (Wildman–Crippen LogP) is 0.340. The Labute approximate surface area is 149 Å².